The lowest BCUT2D eigenvalue weighted by atomic mass is 10.2. The zero-order valence-corrected chi connectivity index (χ0v) is 11.3. The molecule has 7 heteroatoms. The number of carbonyl (C=O) groups is 1. The molecule has 3 nitrogen and oxygen atoms in total. The summed E-state index contributed by atoms with van der Waals surface area (Å²) in [7, 11) is 0. The minimum atomic E-state index is -1.10. The van der Waals surface area contributed by atoms with Crippen LogP contribution >= 0.6 is 11.6 Å². The third-order valence-electron chi connectivity index (χ3n) is 2.67. The van der Waals surface area contributed by atoms with E-state index in [1.54, 1.807) is 0 Å². The fourth-order valence-corrected chi connectivity index (χ4v) is 1.77. The van der Waals surface area contributed by atoms with Gasteiger partial charge in [-0.25, -0.2) is 18.0 Å². The minimum Gasteiger partial charge on any atom is -0.457 e. The van der Waals surface area contributed by atoms with E-state index in [4.69, 9.17) is 22.1 Å². The van der Waals surface area contributed by atoms with Gasteiger partial charge < -0.3 is 10.5 Å². The summed E-state index contributed by atoms with van der Waals surface area (Å²) in [6.07, 6.45) is 0. The van der Waals surface area contributed by atoms with Gasteiger partial charge in [-0.1, -0.05) is 11.6 Å². The molecule has 2 aromatic rings. The zero-order chi connectivity index (χ0) is 15.6. The number of hydrogen-bond donors (Lipinski definition) is 1. The van der Waals surface area contributed by atoms with E-state index < -0.39 is 34.7 Å². The van der Waals surface area contributed by atoms with Crippen molar-refractivity contribution in [2.45, 2.75) is 6.61 Å². The van der Waals surface area contributed by atoms with Gasteiger partial charge in [0, 0.05) is 16.7 Å². The predicted octanol–water partition coefficient (Wildman–Crippen LogP) is 3.70. The summed E-state index contributed by atoms with van der Waals surface area (Å²) in [5.41, 5.74) is 4.35. The van der Waals surface area contributed by atoms with Crippen LogP contribution in [0.25, 0.3) is 0 Å². The average molecular weight is 316 g/mol. The van der Waals surface area contributed by atoms with E-state index in [9.17, 15) is 18.0 Å². The average Bonchev–Trinajstić information content (AvgIpc) is 2.43. The van der Waals surface area contributed by atoms with Crippen molar-refractivity contribution in [3.8, 4) is 0 Å². The summed E-state index contributed by atoms with van der Waals surface area (Å²) >= 11 is 5.79. The maximum absolute atomic E-state index is 13.5. The van der Waals surface area contributed by atoms with E-state index in [2.05, 4.69) is 0 Å². The van der Waals surface area contributed by atoms with Crippen LogP contribution in [0.1, 0.15) is 15.9 Å². The van der Waals surface area contributed by atoms with Crippen LogP contribution in [0.15, 0.2) is 30.3 Å². The van der Waals surface area contributed by atoms with Gasteiger partial charge in [0.1, 0.15) is 24.1 Å². The van der Waals surface area contributed by atoms with E-state index in [1.807, 2.05) is 0 Å². The standard InChI is InChI=1S/C14H9ClF3NO2/c15-10-2-1-8(16)3-7(10)6-21-14(20)9-4-12(18)13(19)5-11(9)17/h1-5H,6,19H2. The van der Waals surface area contributed by atoms with Gasteiger partial charge in [0.15, 0.2) is 0 Å². The molecule has 0 spiro atoms. The van der Waals surface area contributed by atoms with E-state index in [1.165, 1.54) is 6.07 Å². The maximum Gasteiger partial charge on any atom is 0.341 e. The van der Waals surface area contributed by atoms with Crippen molar-refractivity contribution in [2.75, 3.05) is 5.73 Å². The molecule has 0 heterocycles. The Morgan fingerprint density at radius 3 is 2.57 bits per heavy atom. The molecule has 110 valence electrons. The molecule has 2 rings (SSSR count). The third-order valence-corrected chi connectivity index (χ3v) is 3.04. The smallest absolute Gasteiger partial charge is 0.341 e. The molecule has 0 aliphatic heterocycles. The fraction of sp³-hybridized carbons (Fsp3) is 0.0714. The summed E-state index contributed by atoms with van der Waals surface area (Å²) in [5, 5.41) is 0.188. The lowest BCUT2D eigenvalue weighted by molar-refractivity contribution is 0.0466. The lowest BCUT2D eigenvalue weighted by Gasteiger charge is -2.08. The topological polar surface area (TPSA) is 52.3 Å². The molecule has 0 bridgehead atoms. The molecule has 0 aromatic heterocycles. The summed E-state index contributed by atoms with van der Waals surface area (Å²) < 4.78 is 44.6. The number of halogens is 4. The number of carbonyl (C=O) groups excluding carboxylic acids is 1. The number of hydrogen-bond acceptors (Lipinski definition) is 3. The fourth-order valence-electron chi connectivity index (χ4n) is 1.59. The van der Waals surface area contributed by atoms with Gasteiger partial charge in [-0.05, 0) is 24.3 Å². The molecule has 2 aromatic carbocycles. The Balaban J connectivity index is 2.15. The van der Waals surface area contributed by atoms with Crippen LogP contribution in [0.2, 0.25) is 5.02 Å². The maximum atomic E-state index is 13.5. The van der Waals surface area contributed by atoms with Gasteiger partial charge in [-0.2, -0.15) is 0 Å². The van der Waals surface area contributed by atoms with Crippen molar-refractivity contribution in [1.82, 2.24) is 0 Å². The van der Waals surface area contributed by atoms with Gasteiger partial charge in [0.2, 0.25) is 0 Å². The Hall–Kier alpha value is -2.21. The summed E-state index contributed by atoms with van der Waals surface area (Å²) in [5.74, 6) is -3.61. The summed E-state index contributed by atoms with van der Waals surface area (Å²) in [4.78, 5) is 11.7. The first-order valence-corrected chi connectivity index (χ1v) is 6.12. The van der Waals surface area contributed by atoms with E-state index >= 15 is 0 Å². The van der Waals surface area contributed by atoms with Crippen LogP contribution < -0.4 is 5.73 Å². The summed E-state index contributed by atoms with van der Waals surface area (Å²) in [6.45, 7) is -0.374. The molecule has 0 atom stereocenters. The van der Waals surface area contributed by atoms with Gasteiger partial charge in [-0.15, -0.1) is 0 Å². The van der Waals surface area contributed by atoms with Gasteiger partial charge in [0.25, 0.3) is 0 Å². The Morgan fingerprint density at radius 2 is 1.86 bits per heavy atom. The van der Waals surface area contributed by atoms with Crippen molar-refractivity contribution in [3.63, 3.8) is 0 Å². The van der Waals surface area contributed by atoms with Crippen LogP contribution in [-0.4, -0.2) is 5.97 Å². The van der Waals surface area contributed by atoms with Crippen LogP contribution in [-0.2, 0) is 11.3 Å². The second-order valence-electron chi connectivity index (χ2n) is 4.17. The molecule has 0 amide bonds. The van der Waals surface area contributed by atoms with Crippen LogP contribution in [0.3, 0.4) is 0 Å². The Kier molecular flexibility index (Phi) is 4.37. The van der Waals surface area contributed by atoms with Crippen molar-refractivity contribution < 1.29 is 22.7 Å². The number of anilines is 1. The van der Waals surface area contributed by atoms with Crippen molar-refractivity contribution in [2.24, 2.45) is 0 Å². The Labute approximate surface area is 123 Å². The van der Waals surface area contributed by atoms with Crippen LogP contribution in [0, 0.1) is 17.5 Å². The molecule has 0 radical (unpaired) electrons. The Morgan fingerprint density at radius 1 is 1.14 bits per heavy atom. The third kappa shape index (κ3) is 3.46. The largest absolute Gasteiger partial charge is 0.457 e. The quantitative estimate of drug-likeness (QED) is 0.694. The zero-order valence-electron chi connectivity index (χ0n) is 10.5. The lowest BCUT2D eigenvalue weighted by Crippen LogP contribution is -2.09. The molecular formula is C14H9ClF3NO2. The number of rotatable bonds is 3. The van der Waals surface area contributed by atoms with Crippen LogP contribution in [0.4, 0.5) is 18.9 Å². The molecule has 21 heavy (non-hydrogen) atoms. The first kappa shape index (κ1) is 15.2. The number of nitrogens with two attached hydrogens (primary N) is 1. The van der Waals surface area contributed by atoms with E-state index in [0.29, 0.717) is 12.1 Å². The van der Waals surface area contributed by atoms with E-state index in [-0.39, 0.29) is 17.2 Å². The highest BCUT2D eigenvalue weighted by molar-refractivity contribution is 6.31. The highest BCUT2D eigenvalue weighted by Gasteiger charge is 2.17. The van der Waals surface area contributed by atoms with E-state index in [0.717, 1.165) is 12.1 Å². The molecule has 0 aliphatic carbocycles. The first-order valence-electron chi connectivity index (χ1n) is 5.74. The molecule has 0 fully saturated rings. The van der Waals surface area contributed by atoms with Gasteiger partial charge >= 0.3 is 5.97 Å². The van der Waals surface area contributed by atoms with Crippen molar-refractivity contribution in [1.29, 1.82) is 0 Å². The highest BCUT2D eigenvalue weighted by atomic mass is 35.5. The SMILES string of the molecule is Nc1cc(F)c(C(=O)OCc2cc(F)ccc2Cl)cc1F. The van der Waals surface area contributed by atoms with Crippen LogP contribution in [0.5, 0.6) is 0 Å². The first-order chi connectivity index (χ1) is 9.88. The second-order valence-corrected chi connectivity index (χ2v) is 4.57. The number of benzene rings is 2. The normalized spacial score (nSPS) is 10.5. The molecule has 0 unspecified atom stereocenters. The molecule has 2 N–H and O–H groups in total. The molecule has 0 saturated heterocycles. The monoisotopic (exact) mass is 315 g/mol. The second kappa shape index (κ2) is 6.05. The number of esters is 1. The number of ether oxygens (including phenoxy) is 1. The van der Waals surface area contributed by atoms with Gasteiger partial charge in [0.05, 0.1) is 11.3 Å². The van der Waals surface area contributed by atoms with Gasteiger partial charge in [-0.3, -0.25) is 0 Å². The molecule has 0 saturated carbocycles. The number of nitrogen functional groups attached to an aromatic ring is 1. The Bertz CT molecular complexity index is 707. The molecule has 0 aliphatic rings. The van der Waals surface area contributed by atoms with Crippen molar-refractivity contribution in [3.05, 3.63) is 63.9 Å². The predicted molar refractivity (Wildman–Crippen MR) is 71.3 cm³/mol. The van der Waals surface area contributed by atoms with Crippen molar-refractivity contribution >= 4 is 23.3 Å². The summed E-state index contributed by atoms with van der Waals surface area (Å²) in [6, 6.07) is 4.84. The minimum absolute atomic E-state index is 0.188. The molecular weight excluding hydrogens is 307 g/mol. The highest BCUT2D eigenvalue weighted by Crippen LogP contribution is 2.20.